The molecule has 1 fully saturated rings. The third kappa shape index (κ3) is 3.00. The van der Waals surface area contributed by atoms with E-state index in [4.69, 9.17) is 9.47 Å². The molecule has 1 aromatic rings. The lowest BCUT2D eigenvalue weighted by atomic mass is 9.92. The summed E-state index contributed by atoms with van der Waals surface area (Å²) in [7, 11) is 1.99. The van der Waals surface area contributed by atoms with Crippen LogP contribution < -0.4 is 10.1 Å². The highest BCUT2D eigenvalue weighted by atomic mass is 16.5. The number of hydrogen-bond donors (Lipinski definition) is 1. The molecule has 4 nitrogen and oxygen atoms in total. The summed E-state index contributed by atoms with van der Waals surface area (Å²) < 4.78 is 11.2. The maximum Gasteiger partial charge on any atom is 0.137 e. The molecule has 4 heteroatoms. The van der Waals surface area contributed by atoms with E-state index in [1.165, 1.54) is 5.56 Å². The summed E-state index contributed by atoms with van der Waals surface area (Å²) >= 11 is 0. The molecule has 0 radical (unpaired) electrons. The standard InChI is InChI=1S/C14H22N2O2/c1-4-17-13-6-11(7-16-8-13)14(15-3)12-5-10(2)18-9-12/h6-8,10,12,14-15H,4-5,9H2,1-3H3. The number of nitrogens with one attached hydrogen (secondary N) is 1. The topological polar surface area (TPSA) is 43.4 Å². The summed E-state index contributed by atoms with van der Waals surface area (Å²) in [4.78, 5) is 4.26. The SMILES string of the molecule is CCOc1cncc(C(NC)C2COC(C)C2)c1. The Balaban J connectivity index is 2.13. The average Bonchev–Trinajstić information content (AvgIpc) is 2.78. The molecule has 0 aliphatic carbocycles. The van der Waals surface area contributed by atoms with Crippen molar-refractivity contribution in [1.82, 2.24) is 10.3 Å². The molecule has 18 heavy (non-hydrogen) atoms. The first-order chi connectivity index (χ1) is 8.74. The minimum atomic E-state index is 0.280. The van der Waals surface area contributed by atoms with Crippen LogP contribution in [0.15, 0.2) is 18.5 Å². The molecule has 1 aromatic heterocycles. The van der Waals surface area contributed by atoms with Crippen LogP contribution >= 0.6 is 0 Å². The fraction of sp³-hybridized carbons (Fsp3) is 0.643. The molecule has 1 aliphatic rings. The Bertz CT molecular complexity index is 384. The molecule has 0 spiro atoms. The summed E-state index contributed by atoms with van der Waals surface area (Å²) in [5.41, 5.74) is 1.17. The predicted molar refractivity (Wildman–Crippen MR) is 70.7 cm³/mol. The van der Waals surface area contributed by atoms with E-state index in [9.17, 15) is 0 Å². The van der Waals surface area contributed by atoms with Crippen LogP contribution in [-0.4, -0.2) is 31.3 Å². The quantitative estimate of drug-likeness (QED) is 0.869. The van der Waals surface area contributed by atoms with Gasteiger partial charge in [-0.3, -0.25) is 4.98 Å². The monoisotopic (exact) mass is 250 g/mol. The van der Waals surface area contributed by atoms with Crippen molar-refractivity contribution < 1.29 is 9.47 Å². The van der Waals surface area contributed by atoms with Crippen molar-refractivity contribution in [2.45, 2.75) is 32.4 Å². The van der Waals surface area contributed by atoms with E-state index in [2.05, 4.69) is 23.3 Å². The van der Waals surface area contributed by atoms with Gasteiger partial charge in [0.2, 0.25) is 0 Å². The van der Waals surface area contributed by atoms with Crippen LogP contribution in [-0.2, 0) is 4.74 Å². The normalized spacial score (nSPS) is 25.1. The third-order valence-corrected chi connectivity index (χ3v) is 3.42. The van der Waals surface area contributed by atoms with Crippen LogP contribution in [0.25, 0.3) is 0 Å². The molecule has 3 atom stereocenters. The Labute approximate surface area is 109 Å². The summed E-state index contributed by atoms with van der Waals surface area (Å²) in [6.45, 7) is 5.58. The molecule has 1 saturated heterocycles. The second kappa shape index (κ2) is 6.16. The molecule has 0 amide bonds. The lowest BCUT2D eigenvalue weighted by molar-refractivity contribution is 0.117. The maximum absolute atomic E-state index is 5.66. The van der Waals surface area contributed by atoms with Gasteiger partial charge in [0, 0.05) is 18.2 Å². The zero-order valence-electron chi connectivity index (χ0n) is 11.3. The molecule has 0 aromatic carbocycles. The molecule has 1 N–H and O–H groups in total. The van der Waals surface area contributed by atoms with E-state index >= 15 is 0 Å². The third-order valence-electron chi connectivity index (χ3n) is 3.42. The van der Waals surface area contributed by atoms with E-state index in [1.54, 1.807) is 6.20 Å². The minimum absolute atomic E-state index is 0.280. The molecule has 0 saturated carbocycles. The van der Waals surface area contributed by atoms with Crippen LogP contribution in [0.3, 0.4) is 0 Å². The van der Waals surface area contributed by atoms with Crippen LogP contribution in [0.4, 0.5) is 0 Å². The largest absolute Gasteiger partial charge is 0.492 e. The fourth-order valence-corrected chi connectivity index (χ4v) is 2.61. The van der Waals surface area contributed by atoms with Crippen molar-refractivity contribution in [3.63, 3.8) is 0 Å². The van der Waals surface area contributed by atoms with Gasteiger partial charge in [0.1, 0.15) is 5.75 Å². The van der Waals surface area contributed by atoms with Gasteiger partial charge < -0.3 is 14.8 Å². The molecule has 100 valence electrons. The summed E-state index contributed by atoms with van der Waals surface area (Å²) in [5, 5.41) is 3.37. The van der Waals surface area contributed by atoms with Crippen molar-refractivity contribution in [2.75, 3.05) is 20.3 Å². The Morgan fingerprint density at radius 1 is 1.56 bits per heavy atom. The number of aromatic nitrogens is 1. The smallest absolute Gasteiger partial charge is 0.137 e. The zero-order valence-corrected chi connectivity index (χ0v) is 11.3. The lowest BCUT2D eigenvalue weighted by Gasteiger charge is -2.22. The molecular formula is C14H22N2O2. The van der Waals surface area contributed by atoms with Crippen LogP contribution in [0, 0.1) is 5.92 Å². The van der Waals surface area contributed by atoms with Crippen LogP contribution in [0.2, 0.25) is 0 Å². The molecule has 3 unspecified atom stereocenters. The molecular weight excluding hydrogens is 228 g/mol. The van der Waals surface area contributed by atoms with Gasteiger partial charge in [0.15, 0.2) is 0 Å². The highest BCUT2D eigenvalue weighted by Crippen LogP contribution is 2.32. The van der Waals surface area contributed by atoms with E-state index in [0.29, 0.717) is 18.6 Å². The van der Waals surface area contributed by atoms with Gasteiger partial charge >= 0.3 is 0 Å². The lowest BCUT2D eigenvalue weighted by Crippen LogP contribution is -2.25. The van der Waals surface area contributed by atoms with Gasteiger partial charge in [-0.05, 0) is 38.9 Å². The van der Waals surface area contributed by atoms with Crippen molar-refractivity contribution >= 4 is 0 Å². The van der Waals surface area contributed by atoms with Crippen LogP contribution in [0.1, 0.15) is 31.9 Å². The van der Waals surface area contributed by atoms with Crippen molar-refractivity contribution in [3.8, 4) is 5.75 Å². The second-order valence-electron chi connectivity index (χ2n) is 4.79. The Hall–Kier alpha value is -1.13. The second-order valence-corrected chi connectivity index (χ2v) is 4.79. The van der Waals surface area contributed by atoms with Crippen molar-refractivity contribution in [3.05, 3.63) is 24.0 Å². The number of rotatable bonds is 5. The van der Waals surface area contributed by atoms with Gasteiger partial charge in [0.05, 0.1) is 25.5 Å². The van der Waals surface area contributed by atoms with E-state index < -0.39 is 0 Å². The fourth-order valence-electron chi connectivity index (χ4n) is 2.61. The zero-order chi connectivity index (χ0) is 13.0. The summed E-state index contributed by atoms with van der Waals surface area (Å²) in [6.07, 6.45) is 5.11. The van der Waals surface area contributed by atoms with Crippen molar-refractivity contribution in [1.29, 1.82) is 0 Å². The first kappa shape index (κ1) is 13.3. The van der Waals surface area contributed by atoms with E-state index in [-0.39, 0.29) is 6.04 Å². The Kier molecular flexibility index (Phi) is 4.55. The van der Waals surface area contributed by atoms with Gasteiger partial charge in [-0.15, -0.1) is 0 Å². The van der Waals surface area contributed by atoms with Crippen LogP contribution in [0.5, 0.6) is 5.75 Å². The van der Waals surface area contributed by atoms with Gasteiger partial charge in [0.25, 0.3) is 0 Å². The molecule has 0 bridgehead atoms. The molecule has 2 heterocycles. The first-order valence-electron chi connectivity index (χ1n) is 6.61. The number of nitrogens with zero attached hydrogens (tertiary/aromatic N) is 1. The van der Waals surface area contributed by atoms with E-state index in [1.807, 2.05) is 20.2 Å². The number of pyridine rings is 1. The molecule has 2 rings (SSSR count). The summed E-state index contributed by atoms with van der Waals surface area (Å²) in [6, 6.07) is 2.35. The molecule has 1 aliphatic heterocycles. The number of hydrogen-bond acceptors (Lipinski definition) is 4. The first-order valence-corrected chi connectivity index (χ1v) is 6.61. The van der Waals surface area contributed by atoms with Gasteiger partial charge in [-0.1, -0.05) is 0 Å². The summed E-state index contributed by atoms with van der Waals surface area (Å²) in [5.74, 6) is 1.34. The van der Waals surface area contributed by atoms with Gasteiger partial charge in [-0.2, -0.15) is 0 Å². The van der Waals surface area contributed by atoms with Gasteiger partial charge in [-0.25, -0.2) is 0 Å². The highest BCUT2D eigenvalue weighted by Gasteiger charge is 2.30. The van der Waals surface area contributed by atoms with E-state index in [0.717, 1.165) is 18.8 Å². The average molecular weight is 250 g/mol. The Morgan fingerprint density at radius 2 is 2.39 bits per heavy atom. The maximum atomic E-state index is 5.66. The highest BCUT2D eigenvalue weighted by molar-refractivity contribution is 5.26. The predicted octanol–water partition coefficient (Wildman–Crippen LogP) is 2.17. The minimum Gasteiger partial charge on any atom is -0.492 e. The number of ether oxygens (including phenoxy) is 2. The Morgan fingerprint density at radius 3 is 3.00 bits per heavy atom. The van der Waals surface area contributed by atoms with Crippen molar-refractivity contribution in [2.24, 2.45) is 5.92 Å².